The summed E-state index contributed by atoms with van der Waals surface area (Å²) >= 11 is 3.52. The summed E-state index contributed by atoms with van der Waals surface area (Å²) in [6.07, 6.45) is 5.81. The van der Waals surface area contributed by atoms with Gasteiger partial charge in [0.2, 0.25) is 0 Å². The fourth-order valence-electron chi connectivity index (χ4n) is 5.06. The molecule has 1 fully saturated rings. The molecule has 2 aliphatic rings. The average molecular weight is 502 g/mol. The number of morpholine rings is 1. The number of rotatable bonds is 8. The molecule has 4 heterocycles. The highest BCUT2D eigenvalue weighted by Crippen LogP contribution is 2.41. The molecule has 0 radical (unpaired) electrons. The van der Waals surface area contributed by atoms with Gasteiger partial charge in [0, 0.05) is 36.4 Å². The lowest BCUT2D eigenvalue weighted by atomic mass is 9.97. The van der Waals surface area contributed by atoms with Crippen molar-refractivity contribution in [3.63, 3.8) is 0 Å². The van der Waals surface area contributed by atoms with Crippen LogP contribution in [0.2, 0.25) is 0 Å². The normalized spacial score (nSPS) is 18.0. The molecule has 0 amide bonds. The maximum Gasteiger partial charge on any atom is 0.197 e. The molecule has 3 aromatic rings. The van der Waals surface area contributed by atoms with Crippen LogP contribution in [0.3, 0.4) is 0 Å². The van der Waals surface area contributed by atoms with Crippen molar-refractivity contribution in [2.75, 3.05) is 46.9 Å². The summed E-state index contributed by atoms with van der Waals surface area (Å²) in [7, 11) is 4.24. The van der Waals surface area contributed by atoms with Gasteiger partial charge in [-0.05, 0) is 70.4 Å². The minimum Gasteiger partial charge on any atom is -0.379 e. The minimum absolute atomic E-state index is 0.229. The fraction of sp³-hybridized carbons (Fsp3) is 0.667. The molecule has 1 aliphatic carbocycles. The zero-order chi connectivity index (χ0) is 23.7. The standard InChI is InChI=1S/C24H35N7OS2/c1-5-18(29(3)4)21-27-28-24(31(21)11-10-30-12-14-32-15-13-30)34-23-20-17-8-6-7-9-19(17)33-22(20)25-16(2)26-23/h18H,5-15H2,1-4H3. The van der Waals surface area contributed by atoms with E-state index in [1.807, 2.05) is 18.3 Å². The summed E-state index contributed by atoms with van der Waals surface area (Å²) in [5, 5.41) is 12.6. The highest BCUT2D eigenvalue weighted by atomic mass is 32.2. The smallest absolute Gasteiger partial charge is 0.197 e. The van der Waals surface area contributed by atoms with Crippen molar-refractivity contribution >= 4 is 33.3 Å². The van der Waals surface area contributed by atoms with Crippen LogP contribution in [0.1, 0.15) is 54.3 Å². The molecule has 1 saturated heterocycles. The highest BCUT2D eigenvalue weighted by Gasteiger charge is 2.26. The predicted molar refractivity (Wildman–Crippen MR) is 137 cm³/mol. The summed E-state index contributed by atoms with van der Waals surface area (Å²) in [5.41, 5.74) is 1.47. The highest BCUT2D eigenvalue weighted by molar-refractivity contribution is 7.99. The van der Waals surface area contributed by atoms with Crippen LogP contribution in [0.4, 0.5) is 0 Å². The van der Waals surface area contributed by atoms with Gasteiger partial charge < -0.3 is 9.30 Å². The fourth-order valence-corrected chi connectivity index (χ4v) is 7.48. The molecule has 34 heavy (non-hydrogen) atoms. The van der Waals surface area contributed by atoms with Gasteiger partial charge in [0.15, 0.2) is 11.0 Å². The Balaban J connectivity index is 1.51. The molecule has 184 valence electrons. The van der Waals surface area contributed by atoms with Crippen LogP contribution in [-0.2, 0) is 24.1 Å². The van der Waals surface area contributed by atoms with Crippen molar-refractivity contribution in [2.45, 2.75) is 68.7 Å². The van der Waals surface area contributed by atoms with E-state index in [4.69, 9.17) is 24.9 Å². The molecule has 0 aromatic carbocycles. The van der Waals surface area contributed by atoms with Gasteiger partial charge in [-0.2, -0.15) is 0 Å². The van der Waals surface area contributed by atoms with Gasteiger partial charge in [0.25, 0.3) is 0 Å². The Labute approximate surface area is 210 Å². The number of fused-ring (bicyclic) bond motifs is 3. The molecular formula is C24H35N7OS2. The molecule has 3 aromatic heterocycles. The summed E-state index contributed by atoms with van der Waals surface area (Å²) in [6, 6.07) is 0.229. The van der Waals surface area contributed by atoms with Crippen LogP contribution in [0, 0.1) is 6.92 Å². The number of nitrogens with zero attached hydrogens (tertiary/aromatic N) is 7. The molecule has 10 heteroatoms. The number of hydrogen-bond acceptors (Lipinski definition) is 9. The molecular weight excluding hydrogens is 466 g/mol. The Morgan fingerprint density at radius 3 is 2.65 bits per heavy atom. The van der Waals surface area contributed by atoms with Crippen LogP contribution < -0.4 is 0 Å². The van der Waals surface area contributed by atoms with E-state index in [1.54, 1.807) is 11.8 Å². The van der Waals surface area contributed by atoms with Gasteiger partial charge in [0.1, 0.15) is 15.7 Å². The van der Waals surface area contributed by atoms with Gasteiger partial charge in [-0.25, -0.2) is 9.97 Å². The number of ether oxygens (including phenoxy) is 1. The van der Waals surface area contributed by atoms with E-state index < -0.39 is 0 Å². The van der Waals surface area contributed by atoms with E-state index in [2.05, 4.69) is 35.4 Å². The third kappa shape index (κ3) is 4.88. The van der Waals surface area contributed by atoms with Crippen molar-refractivity contribution in [2.24, 2.45) is 0 Å². The molecule has 1 unspecified atom stereocenters. The first-order valence-electron chi connectivity index (χ1n) is 12.4. The monoisotopic (exact) mass is 501 g/mol. The maximum atomic E-state index is 5.54. The Morgan fingerprint density at radius 1 is 1.09 bits per heavy atom. The van der Waals surface area contributed by atoms with Crippen LogP contribution in [0.25, 0.3) is 10.2 Å². The maximum absolute atomic E-state index is 5.54. The largest absolute Gasteiger partial charge is 0.379 e. The second kappa shape index (κ2) is 10.6. The quantitative estimate of drug-likeness (QED) is 0.430. The molecule has 0 bridgehead atoms. The van der Waals surface area contributed by atoms with Crippen LogP contribution in [0.15, 0.2) is 10.2 Å². The Hall–Kier alpha value is -1.59. The van der Waals surface area contributed by atoms with Crippen LogP contribution in [0.5, 0.6) is 0 Å². The second-order valence-electron chi connectivity index (χ2n) is 9.40. The lowest BCUT2D eigenvalue weighted by Crippen LogP contribution is -2.38. The average Bonchev–Trinajstić information content (AvgIpc) is 3.39. The predicted octanol–water partition coefficient (Wildman–Crippen LogP) is 3.97. The van der Waals surface area contributed by atoms with Gasteiger partial charge in [0.05, 0.1) is 19.3 Å². The molecule has 1 aliphatic heterocycles. The van der Waals surface area contributed by atoms with E-state index in [0.717, 1.165) is 78.9 Å². The second-order valence-corrected chi connectivity index (χ2v) is 11.4. The molecule has 5 rings (SSSR count). The first-order valence-corrected chi connectivity index (χ1v) is 14.0. The van der Waals surface area contributed by atoms with Crippen molar-refractivity contribution < 1.29 is 4.74 Å². The third-order valence-electron chi connectivity index (χ3n) is 6.88. The summed E-state index contributed by atoms with van der Waals surface area (Å²) in [6.45, 7) is 9.64. The molecule has 0 N–H and O–H groups in total. The number of thiophene rings is 1. The number of aromatic nitrogens is 5. The minimum atomic E-state index is 0.229. The molecule has 8 nitrogen and oxygen atoms in total. The third-order valence-corrected chi connectivity index (χ3v) is 9.04. The summed E-state index contributed by atoms with van der Waals surface area (Å²) < 4.78 is 7.87. The van der Waals surface area contributed by atoms with E-state index in [1.165, 1.54) is 35.1 Å². The van der Waals surface area contributed by atoms with Crippen LogP contribution in [-0.4, -0.2) is 81.5 Å². The Kier molecular flexibility index (Phi) is 7.50. The van der Waals surface area contributed by atoms with E-state index in [-0.39, 0.29) is 6.04 Å². The Bertz CT molecular complexity index is 1140. The Morgan fingerprint density at radius 2 is 1.88 bits per heavy atom. The lowest BCUT2D eigenvalue weighted by Gasteiger charge is -2.28. The lowest BCUT2D eigenvalue weighted by molar-refractivity contribution is 0.0358. The van der Waals surface area contributed by atoms with E-state index in [9.17, 15) is 0 Å². The molecule has 0 saturated carbocycles. The first kappa shape index (κ1) is 24.1. The SMILES string of the molecule is CCC(c1nnc(Sc2nc(C)nc3sc4c(c23)CCCC4)n1CCN1CCOCC1)N(C)C. The zero-order valence-corrected chi connectivity index (χ0v) is 22.3. The molecule has 1 atom stereocenters. The van der Waals surface area contributed by atoms with Gasteiger partial charge in [-0.3, -0.25) is 9.80 Å². The molecule has 0 spiro atoms. The first-order chi connectivity index (χ1) is 16.5. The number of hydrogen-bond donors (Lipinski definition) is 0. The topological polar surface area (TPSA) is 72.2 Å². The summed E-state index contributed by atoms with van der Waals surface area (Å²) in [4.78, 5) is 17.1. The van der Waals surface area contributed by atoms with Gasteiger partial charge >= 0.3 is 0 Å². The number of aryl methyl sites for hydroxylation is 3. The summed E-state index contributed by atoms with van der Waals surface area (Å²) in [5.74, 6) is 1.87. The van der Waals surface area contributed by atoms with Gasteiger partial charge in [-0.1, -0.05) is 6.92 Å². The van der Waals surface area contributed by atoms with Crippen molar-refractivity contribution in [3.8, 4) is 0 Å². The van der Waals surface area contributed by atoms with Crippen molar-refractivity contribution in [1.82, 2.24) is 34.5 Å². The van der Waals surface area contributed by atoms with E-state index >= 15 is 0 Å². The van der Waals surface area contributed by atoms with E-state index in [0.29, 0.717) is 0 Å². The zero-order valence-electron chi connectivity index (χ0n) is 20.7. The van der Waals surface area contributed by atoms with Crippen LogP contribution >= 0.6 is 23.1 Å². The van der Waals surface area contributed by atoms with Crippen molar-refractivity contribution in [1.29, 1.82) is 0 Å². The van der Waals surface area contributed by atoms with Crippen molar-refractivity contribution in [3.05, 3.63) is 22.1 Å². The van der Waals surface area contributed by atoms with Gasteiger partial charge in [-0.15, -0.1) is 21.5 Å².